The maximum atomic E-state index is 4.47. The van der Waals surface area contributed by atoms with Gasteiger partial charge in [-0.2, -0.15) is 5.10 Å². The standard InChI is InChI=1S/C13H26BrN3/c1-5-6-7-8-9-17-12(14)16(11-15-17)10-13(2,3)4/h11-12H,5-10H2,1-4H3. The van der Waals surface area contributed by atoms with Gasteiger partial charge in [-0.1, -0.05) is 47.0 Å². The first-order chi connectivity index (χ1) is 7.94. The van der Waals surface area contributed by atoms with E-state index in [0.717, 1.165) is 13.1 Å². The van der Waals surface area contributed by atoms with E-state index in [4.69, 9.17) is 0 Å². The normalized spacial score (nSPS) is 20.4. The molecule has 1 atom stereocenters. The van der Waals surface area contributed by atoms with Crippen molar-refractivity contribution in [3.05, 3.63) is 0 Å². The minimum atomic E-state index is 0.239. The van der Waals surface area contributed by atoms with Crippen molar-refractivity contribution in [1.29, 1.82) is 0 Å². The molecule has 0 aromatic heterocycles. The summed E-state index contributed by atoms with van der Waals surface area (Å²) in [7, 11) is 0. The molecular weight excluding hydrogens is 278 g/mol. The van der Waals surface area contributed by atoms with Crippen LogP contribution in [0.5, 0.6) is 0 Å². The van der Waals surface area contributed by atoms with Crippen LogP contribution in [0.2, 0.25) is 0 Å². The number of alkyl halides is 1. The molecule has 0 amide bonds. The van der Waals surface area contributed by atoms with E-state index in [-0.39, 0.29) is 5.08 Å². The molecule has 0 bridgehead atoms. The summed E-state index contributed by atoms with van der Waals surface area (Å²) in [6.45, 7) is 11.1. The first kappa shape index (κ1) is 14.8. The van der Waals surface area contributed by atoms with Gasteiger partial charge in [0.2, 0.25) is 0 Å². The van der Waals surface area contributed by atoms with Crippen LogP contribution in [0.15, 0.2) is 5.10 Å². The molecule has 1 heterocycles. The average molecular weight is 304 g/mol. The summed E-state index contributed by atoms with van der Waals surface area (Å²) in [5.41, 5.74) is 0.302. The van der Waals surface area contributed by atoms with Crippen LogP contribution in [0.1, 0.15) is 53.4 Å². The van der Waals surface area contributed by atoms with Gasteiger partial charge in [-0.15, -0.1) is 0 Å². The van der Waals surface area contributed by atoms with Gasteiger partial charge in [0.05, 0.1) is 0 Å². The van der Waals surface area contributed by atoms with Gasteiger partial charge < -0.3 is 4.90 Å². The summed E-state index contributed by atoms with van der Waals surface area (Å²) in [6.07, 6.45) is 7.12. The van der Waals surface area contributed by atoms with Crippen LogP contribution in [0, 0.1) is 5.41 Å². The molecule has 0 saturated heterocycles. The second-order valence-corrected chi connectivity index (χ2v) is 6.82. The van der Waals surface area contributed by atoms with Gasteiger partial charge in [0.1, 0.15) is 6.34 Å². The lowest BCUT2D eigenvalue weighted by atomic mass is 9.96. The summed E-state index contributed by atoms with van der Waals surface area (Å²) < 4.78 is 0. The Kier molecular flexibility index (Phi) is 5.77. The smallest absolute Gasteiger partial charge is 0.175 e. The Hall–Kier alpha value is -0.250. The quantitative estimate of drug-likeness (QED) is 0.422. The van der Waals surface area contributed by atoms with Crippen LogP contribution in [0.25, 0.3) is 0 Å². The van der Waals surface area contributed by atoms with E-state index in [0.29, 0.717) is 5.41 Å². The van der Waals surface area contributed by atoms with Gasteiger partial charge in [-0.05, 0) is 27.8 Å². The topological polar surface area (TPSA) is 18.8 Å². The second-order valence-electron chi connectivity index (χ2n) is 6.00. The molecule has 1 unspecified atom stereocenters. The highest BCUT2D eigenvalue weighted by atomic mass is 79.9. The van der Waals surface area contributed by atoms with Crippen molar-refractivity contribution in [2.75, 3.05) is 13.1 Å². The molecule has 0 aromatic rings. The number of rotatable bonds is 6. The molecular formula is C13H26BrN3. The molecule has 1 aliphatic rings. The number of halogens is 1. The molecule has 17 heavy (non-hydrogen) atoms. The van der Waals surface area contributed by atoms with Crippen LogP contribution < -0.4 is 0 Å². The van der Waals surface area contributed by atoms with Crippen molar-refractivity contribution < 1.29 is 0 Å². The number of hydrogen-bond acceptors (Lipinski definition) is 3. The van der Waals surface area contributed by atoms with E-state index in [1.165, 1.54) is 25.7 Å². The van der Waals surface area contributed by atoms with Gasteiger partial charge in [0.25, 0.3) is 0 Å². The predicted molar refractivity (Wildman–Crippen MR) is 78.2 cm³/mol. The van der Waals surface area contributed by atoms with Gasteiger partial charge in [-0.3, -0.25) is 5.01 Å². The minimum absolute atomic E-state index is 0.239. The van der Waals surface area contributed by atoms with Crippen LogP contribution in [0.4, 0.5) is 0 Å². The zero-order valence-corrected chi connectivity index (χ0v) is 13.2. The highest BCUT2D eigenvalue weighted by Crippen LogP contribution is 2.24. The van der Waals surface area contributed by atoms with Crippen molar-refractivity contribution in [3.63, 3.8) is 0 Å². The molecule has 0 aromatic carbocycles. The van der Waals surface area contributed by atoms with E-state index in [2.05, 4.69) is 58.6 Å². The van der Waals surface area contributed by atoms with Crippen molar-refractivity contribution in [2.24, 2.45) is 10.5 Å². The number of hydrogen-bond donors (Lipinski definition) is 0. The predicted octanol–water partition coefficient (Wildman–Crippen LogP) is 3.85. The molecule has 1 rings (SSSR count). The molecule has 0 saturated carbocycles. The van der Waals surface area contributed by atoms with Crippen LogP contribution in [-0.2, 0) is 0 Å². The van der Waals surface area contributed by atoms with Gasteiger partial charge in [-0.25, -0.2) is 0 Å². The maximum Gasteiger partial charge on any atom is 0.175 e. The lowest BCUT2D eigenvalue weighted by molar-refractivity contribution is 0.174. The fourth-order valence-electron chi connectivity index (χ4n) is 1.94. The second kappa shape index (κ2) is 6.62. The van der Waals surface area contributed by atoms with Crippen LogP contribution in [-0.4, -0.2) is 34.4 Å². The van der Waals surface area contributed by atoms with Crippen molar-refractivity contribution in [1.82, 2.24) is 9.91 Å². The summed E-state index contributed by atoms with van der Waals surface area (Å²) >= 11 is 3.72. The first-order valence-corrected chi connectivity index (χ1v) is 7.56. The molecule has 3 nitrogen and oxygen atoms in total. The third kappa shape index (κ3) is 5.28. The lowest BCUT2D eigenvalue weighted by Crippen LogP contribution is -2.39. The Morgan fingerprint density at radius 2 is 1.94 bits per heavy atom. The third-order valence-electron chi connectivity index (χ3n) is 2.77. The Morgan fingerprint density at radius 1 is 1.24 bits per heavy atom. The Bertz CT molecular complexity index is 248. The first-order valence-electron chi connectivity index (χ1n) is 6.64. The summed E-state index contributed by atoms with van der Waals surface area (Å²) in [5.74, 6) is 0. The maximum absolute atomic E-state index is 4.47. The summed E-state index contributed by atoms with van der Waals surface area (Å²) in [4.78, 5) is 2.26. The van der Waals surface area contributed by atoms with Gasteiger partial charge in [0.15, 0.2) is 5.08 Å². The molecule has 4 heteroatoms. The fourth-order valence-corrected chi connectivity index (χ4v) is 2.50. The molecule has 0 fully saturated rings. The molecule has 0 spiro atoms. The molecule has 100 valence electrons. The van der Waals surface area contributed by atoms with E-state index < -0.39 is 0 Å². The van der Waals surface area contributed by atoms with Gasteiger partial charge >= 0.3 is 0 Å². The Labute approximate surface area is 114 Å². The van der Waals surface area contributed by atoms with Crippen LogP contribution in [0.3, 0.4) is 0 Å². The number of nitrogens with zero attached hydrogens (tertiary/aromatic N) is 3. The molecule has 1 aliphatic heterocycles. The zero-order valence-electron chi connectivity index (χ0n) is 11.6. The summed E-state index contributed by atoms with van der Waals surface area (Å²) in [5, 5.41) is 6.85. The highest BCUT2D eigenvalue weighted by Gasteiger charge is 2.27. The molecule has 0 aliphatic carbocycles. The SMILES string of the molecule is CCCCCCN1N=CN(CC(C)(C)C)C1Br. The Morgan fingerprint density at radius 3 is 2.53 bits per heavy atom. The molecule has 0 radical (unpaired) electrons. The van der Waals surface area contributed by atoms with Crippen molar-refractivity contribution in [3.8, 4) is 0 Å². The van der Waals surface area contributed by atoms with Crippen LogP contribution >= 0.6 is 15.9 Å². The van der Waals surface area contributed by atoms with E-state index in [1.54, 1.807) is 0 Å². The van der Waals surface area contributed by atoms with E-state index >= 15 is 0 Å². The minimum Gasteiger partial charge on any atom is -0.330 e. The highest BCUT2D eigenvalue weighted by molar-refractivity contribution is 9.09. The Balaban J connectivity index is 2.30. The summed E-state index contributed by atoms with van der Waals surface area (Å²) in [6, 6.07) is 0. The number of hydrazone groups is 1. The monoisotopic (exact) mass is 303 g/mol. The number of unbranched alkanes of at least 4 members (excludes halogenated alkanes) is 3. The third-order valence-corrected chi connectivity index (χ3v) is 3.76. The van der Waals surface area contributed by atoms with Crippen molar-refractivity contribution in [2.45, 2.75) is 58.5 Å². The largest absolute Gasteiger partial charge is 0.330 e. The van der Waals surface area contributed by atoms with Crippen molar-refractivity contribution >= 4 is 22.3 Å². The molecule has 0 N–H and O–H groups in total. The van der Waals surface area contributed by atoms with Gasteiger partial charge in [0, 0.05) is 13.1 Å². The lowest BCUT2D eigenvalue weighted by Gasteiger charge is -2.30. The van der Waals surface area contributed by atoms with E-state index in [9.17, 15) is 0 Å². The fraction of sp³-hybridized carbons (Fsp3) is 0.923. The average Bonchev–Trinajstić information content (AvgIpc) is 2.54. The zero-order chi connectivity index (χ0) is 12.9. The van der Waals surface area contributed by atoms with E-state index in [1.807, 2.05) is 6.34 Å².